The summed E-state index contributed by atoms with van der Waals surface area (Å²) in [5, 5.41) is 11.4. The number of imidazole rings is 1. The predicted molar refractivity (Wildman–Crippen MR) is 251 cm³/mol. The van der Waals surface area contributed by atoms with Crippen LogP contribution in [0.25, 0.3) is 83.9 Å². The molecule has 0 unspecified atom stereocenters. The summed E-state index contributed by atoms with van der Waals surface area (Å²) >= 11 is 0. The van der Waals surface area contributed by atoms with Gasteiger partial charge in [-0.2, -0.15) is 0 Å². The predicted octanol–water partition coefficient (Wildman–Crippen LogP) is 14.9. The molecule has 2 heterocycles. The van der Waals surface area contributed by atoms with Gasteiger partial charge in [0.2, 0.25) is 0 Å². The number of hydrogen-bond donors (Lipinski definition) is 1. The van der Waals surface area contributed by atoms with Crippen molar-refractivity contribution in [1.29, 1.82) is 0 Å². The average molecular weight is 781 g/mol. The molecule has 0 aliphatic carbocycles. The first kappa shape index (κ1) is 37.2. The second kappa shape index (κ2) is 15.6. The highest BCUT2D eigenvalue weighted by molar-refractivity contribution is 5.97. The molecule has 294 valence electrons. The molecule has 4 nitrogen and oxygen atoms in total. The number of pyridine rings is 1. The van der Waals surface area contributed by atoms with E-state index in [1.807, 2.05) is 44.3 Å². The van der Waals surface area contributed by atoms with E-state index < -0.39 is 5.89 Å². The van der Waals surface area contributed by atoms with E-state index in [-0.39, 0.29) is 11.2 Å². The number of rotatable bonds is 8. The van der Waals surface area contributed by atoms with E-state index >= 15 is 0 Å². The van der Waals surface area contributed by atoms with Crippen LogP contribution in [0.1, 0.15) is 58.6 Å². The molecule has 0 saturated carbocycles. The average Bonchev–Trinajstić information content (AvgIpc) is 3.66. The molecule has 0 saturated heterocycles. The Hall–Kier alpha value is -7.04. The van der Waals surface area contributed by atoms with Crippen LogP contribution in [0.15, 0.2) is 176 Å². The van der Waals surface area contributed by atoms with Crippen LogP contribution in [-0.4, -0.2) is 19.6 Å². The number of hydrogen-bond acceptors (Lipinski definition) is 3. The van der Waals surface area contributed by atoms with E-state index in [0.29, 0.717) is 11.4 Å². The normalized spacial score (nSPS) is 12.1. The lowest BCUT2D eigenvalue weighted by Gasteiger charge is -2.25. The Labute approximate surface area is 354 Å². The maximum atomic E-state index is 11.4. The van der Waals surface area contributed by atoms with E-state index in [1.54, 1.807) is 6.07 Å². The van der Waals surface area contributed by atoms with Crippen molar-refractivity contribution in [3.8, 4) is 78.6 Å². The number of benzene rings is 7. The summed E-state index contributed by atoms with van der Waals surface area (Å²) in [5.41, 5.74) is 16.9. The molecule has 60 heavy (non-hydrogen) atoms. The van der Waals surface area contributed by atoms with Gasteiger partial charge in [-0.15, -0.1) is 0 Å². The van der Waals surface area contributed by atoms with Crippen molar-refractivity contribution in [2.75, 3.05) is 0 Å². The number of fused-ring (bicyclic) bond motifs is 1. The summed E-state index contributed by atoms with van der Waals surface area (Å²) in [6.07, 6.45) is 1.89. The van der Waals surface area contributed by atoms with Gasteiger partial charge in [0.15, 0.2) is 0 Å². The van der Waals surface area contributed by atoms with Crippen LogP contribution in [0, 0.1) is 6.92 Å². The van der Waals surface area contributed by atoms with Gasteiger partial charge in [-0.1, -0.05) is 149 Å². The molecule has 1 N–H and O–H groups in total. The third kappa shape index (κ3) is 7.30. The Morgan fingerprint density at radius 1 is 0.567 bits per heavy atom. The minimum Gasteiger partial charge on any atom is -0.507 e. The van der Waals surface area contributed by atoms with Gasteiger partial charge in [-0.25, -0.2) is 4.98 Å². The molecule has 7 aromatic carbocycles. The quantitative estimate of drug-likeness (QED) is 0.167. The molecule has 0 atom stereocenters. The molecule has 0 spiro atoms. The van der Waals surface area contributed by atoms with Crippen LogP contribution < -0.4 is 0 Å². The Morgan fingerprint density at radius 2 is 1.23 bits per heavy atom. The van der Waals surface area contributed by atoms with Crippen LogP contribution in [0.2, 0.25) is 0 Å². The molecule has 0 amide bonds. The molecule has 0 aliphatic heterocycles. The topological polar surface area (TPSA) is 50.9 Å². The zero-order valence-corrected chi connectivity index (χ0v) is 35.0. The largest absolute Gasteiger partial charge is 0.507 e. The van der Waals surface area contributed by atoms with Gasteiger partial charge in [0.05, 0.1) is 22.3 Å². The van der Waals surface area contributed by atoms with Crippen molar-refractivity contribution >= 4 is 11.0 Å². The third-order valence-electron chi connectivity index (χ3n) is 11.4. The summed E-state index contributed by atoms with van der Waals surface area (Å²) in [7, 11) is 0. The third-order valence-corrected chi connectivity index (χ3v) is 11.4. The first-order valence-electron chi connectivity index (χ1n) is 21.1. The van der Waals surface area contributed by atoms with Crippen molar-refractivity contribution < 1.29 is 6.48 Å². The van der Waals surface area contributed by atoms with E-state index in [9.17, 15) is 6.48 Å². The van der Waals surface area contributed by atoms with Crippen LogP contribution in [-0.2, 0) is 5.41 Å². The van der Waals surface area contributed by atoms with Crippen molar-refractivity contribution in [3.05, 3.63) is 193 Å². The summed E-state index contributed by atoms with van der Waals surface area (Å²) in [5.74, 6) is -0.166. The van der Waals surface area contributed by atoms with Crippen LogP contribution in [0.4, 0.5) is 0 Å². The molecular formula is C56H49N3O. The maximum absolute atomic E-state index is 11.4. The molecule has 2 aromatic heterocycles. The van der Waals surface area contributed by atoms with Crippen LogP contribution in [0.3, 0.4) is 0 Å². The zero-order valence-electron chi connectivity index (χ0n) is 36.0. The molecule has 0 bridgehead atoms. The van der Waals surface area contributed by atoms with Crippen LogP contribution >= 0.6 is 0 Å². The van der Waals surface area contributed by atoms with Crippen molar-refractivity contribution in [2.45, 2.75) is 52.9 Å². The molecule has 9 aromatic rings. The smallest absolute Gasteiger partial charge is 0.149 e. The van der Waals surface area contributed by atoms with E-state index in [0.717, 1.165) is 78.0 Å². The first-order chi connectivity index (χ1) is 29.3. The molecule has 0 radical (unpaired) electrons. The summed E-state index contributed by atoms with van der Waals surface area (Å²) in [6.45, 7) is 12.7. The zero-order chi connectivity index (χ0) is 42.5. The Balaban J connectivity index is 1.28. The number of phenols is 1. The fraction of sp³-hybridized carbons (Fsp3) is 0.143. The van der Waals surface area contributed by atoms with Gasteiger partial charge < -0.3 is 5.11 Å². The summed E-state index contributed by atoms with van der Waals surface area (Å²) < 4.78 is 11.6. The summed E-state index contributed by atoms with van der Waals surface area (Å²) in [6, 6.07) is 58.6. The second-order valence-corrected chi connectivity index (χ2v) is 16.9. The first-order valence-corrected chi connectivity index (χ1v) is 20.6. The van der Waals surface area contributed by atoms with E-state index in [4.69, 9.17) is 9.97 Å². The Morgan fingerprint density at radius 3 is 1.98 bits per heavy atom. The van der Waals surface area contributed by atoms with Gasteiger partial charge in [0.25, 0.3) is 0 Å². The summed E-state index contributed by atoms with van der Waals surface area (Å²) in [4.78, 5) is 10.3. The standard InChI is InChI=1S/C56H49N3O/c1-36(2)49-35-44(27-28-46(49)47-17-10-12-20-50(47)56(4,5)6)59-52-21-14-19-45(54(52)58-55(59)48-18-11-13-22-53(48)60)42-31-41(38-15-8-7-9-16-38)32-43(33-42)51-34-40(29-30-57-51)39-25-23-37(3)24-26-39/h7-36,60H,1-6H3/i36D. The van der Waals surface area contributed by atoms with Crippen molar-refractivity contribution in [2.24, 2.45) is 0 Å². The van der Waals surface area contributed by atoms with E-state index in [2.05, 4.69) is 172 Å². The highest BCUT2D eigenvalue weighted by atomic mass is 16.3. The monoisotopic (exact) mass is 780 g/mol. The fourth-order valence-corrected chi connectivity index (χ4v) is 8.37. The maximum Gasteiger partial charge on any atom is 0.149 e. The number of phenolic OH excluding ortho intramolecular Hbond substituents is 1. The number of nitrogens with zero attached hydrogens (tertiary/aromatic N) is 3. The van der Waals surface area contributed by atoms with Gasteiger partial charge in [-0.05, 0) is 129 Å². The number of aromatic nitrogens is 3. The van der Waals surface area contributed by atoms with Gasteiger partial charge in [0, 0.05) is 24.4 Å². The lowest BCUT2D eigenvalue weighted by Crippen LogP contribution is -2.13. The molecule has 9 rings (SSSR count). The fourth-order valence-electron chi connectivity index (χ4n) is 8.37. The highest BCUT2D eigenvalue weighted by Crippen LogP contribution is 2.42. The number of aromatic hydroxyl groups is 1. The Kier molecular flexibility index (Phi) is 9.69. The Bertz CT molecular complexity index is 3060. The minimum atomic E-state index is -0.925. The van der Waals surface area contributed by atoms with Crippen LogP contribution in [0.5, 0.6) is 5.75 Å². The molecule has 0 aliphatic rings. The van der Waals surface area contributed by atoms with E-state index in [1.165, 1.54) is 11.1 Å². The van der Waals surface area contributed by atoms with Crippen molar-refractivity contribution in [1.82, 2.24) is 14.5 Å². The van der Waals surface area contributed by atoms with Crippen molar-refractivity contribution in [3.63, 3.8) is 0 Å². The number of para-hydroxylation sites is 2. The van der Waals surface area contributed by atoms with Gasteiger partial charge >= 0.3 is 0 Å². The lowest BCUT2D eigenvalue weighted by molar-refractivity contribution is 0.477. The van der Waals surface area contributed by atoms with Gasteiger partial charge in [-0.3, -0.25) is 9.55 Å². The number of aryl methyl sites for hydroxylation is 1. The molecule has 0 fully saturated rings. The van der Waals surface area contributed by atoms with Gasteiger partial charge in [0.1, 0.15) is 11.6 Å². The molecule has 4 heteroatoms. The SMILES string of the molecule is [2H]C(C)(C)c1cc(-n2c(-c3ccccc3O)nc3c(-c4cc(-c5ccccc5)cc(-c5cc(-c6ccc(C)cc6)ccn5)c4)cccc32)ccc1-c1ccccc1C(C)(C)C. The lowest BCUT2D eigenvalue weighted by atomic mass is 9.80. The highest BCUT2D eigenvalue weighted by Gasteiger charge is 2.24. The molecular weight excluding hydrogens is 731 g/mol. The second-order valence-electron chi connectivity index (χ2n) is 16.9. The minimum absolute atomic E-state index is 0.0920.